The van der Waals surface area contributed by atoms with Crippen LogP contribution in [-0.4, -0.2) is 0 Å². The molecule has 2 heteroatoms. The van der Waals surface area contributed by atoms with Crippen LogP contribution in [0.2, 0.25) is 0 Å². The zero-order valence-electron chi connectivity index (χ0n) is 6.04. The van der Waals surface area contributed by atoms with Crippen LogP contribution in [-0.2, 0) is 0 Å². The van der Waals surface area contributed by atoms with Crippen molar-refractivity contribution in [3.05, 3.63) is 10.6 Å². The fraction of sp³-hybridized carbons (Fsp3) is 0.714. The smallest absolute Gasteiger partial charge is 0.0712 e. The molecule has 0 aliphatic carbocycles. The maximum absolute atomic E-state index is 5.41. The van der Waals surface area contributed by atoms with Crippen LogP contribution in [0.3, 0.4) is 0 Å². The largest absolute Gasteiger partial charge is 0.102 e. The average Bonchev–Trinajstić information content (AvgIpc) is 1.59. The van der Waals surface area contributed by atoms with Gasteiger partial charge in [0, 0.05) is 0 Å². The van der Waals surface area contributed by atoms with Crippen molar-refractivity contribution in [3.8, 4) is 0 Å². The zero-order valence-corrected chi connectivity index (χ0v) is 7.55. The van der Waals surface area contributed by atoms with Gasteiger partial charge in [-0.05, 0) is 11.8 Å². The molecule has 0 saturated heterocycles. The first-order chi connectivity index (χ1) is 3.92. The van der Waals surface area contributed by atoms with Gasteiger partial charge in [-0.15, -0.1) is 0 Å². The Hall–Kier alpha value is 0.320. The van der Waals surface area contributed by atoms with Gasteiger partial charge in [0.05, 0.1) is 0 Å². The summed E-state index contributed by atoms with van der Waals surface area (Å²) in [6.07, 6.45) is 2.75. The van der Waals surface area contributed by atoms with Gasteiger partial charge in [0.2, 0.25) is 0 Å². The molecule has 0 fully saturated rings. The van der Waals surface area contributed by atoms with Crippen LogP contribution in [0.4, 0.5) is 0 Å². The monoisotopic (exact) mass is 166 g/mol. The van der Waals surface area contributed by atoms with Gasteiger partial charge in [0.15, 0.2) is 0 Å². The average molecular weight is 167 g/mol. The summed E-state index contributed by atoms with van der Waals surface area (Å²) in [5, 5.41) is 0. The van der Waals surface area contributed by atoms with E-state index in [1.54, 1.807) is 0 Å². The van der Waals surface area contributed by atoms with Crippen molar-refractivity contribution in [2.75, 3.05) is 0 Å². The first kappa shape index (κ1) is 9.32. The van der Waals surface area contributed by atoms with Gasteiger partial charge in [-0.1, -0.05) is 50.0 Å². The molecule has 0 aromatic heterocycles. The minimum absolute atomic E-state index is 0.287. The first-order valence-corrected chi connectivity index (χ1v) is 3.68. The number of halogens is 2. The standard InChI is InChI=1S/C7H12Cl2/c1-7(2,3)5-4-6(8)9/h4H,5H2,1-3H3. The van der Waals surface area contributed by atoms with E-state index in [1.807, 2.05) is 6.08 Å². The topological polar surface area (TPSA) is 0 Å². The number of rotatable bonds is 1. The molecule has 0 bridgehead atoms. The van der Waals surface area contributed by atoms with Gasteiger partial charge in [0.1, 0.15) is 4.49 Å². The Bertz CT molecular complexity index is 105. The van der Waals surface area contributed by atoms with Crippen molar-refractivity contribution in [3.63, 3.8) is 0 Å². The van der Waals surface area contributed by atoms with E-state index in [-0.39, 0.29) is 5.41 Å². The van der Waals surface area contributed by atoms with E-state index >= 15 is 0 Å². The van der Waals surface area contributed by atoms with Crippen LogP contribution >= 0.6 is 23.2 Å². The van der Waals surface area contributed by atoms with Crippen LogP contribution in [0.25, 0.3) is 0 Å². The number of hydrogen-bond donors (Lipinski definition) is 0. The lowest BCUT2D eigenvalue weighted by Crippen LogP contribution is -2.01. The highest BCUT2D eigenvalue weighted by molar-refractivity contribution is 6.55. The number of hydrogen-bond acceptors (Lipinski definition) is 0. The Morgan fingerprint density at radius 2 is 1.78 bits per heavy atom. The Morgan fingerprint density at radius 1 is 1.33 bits per heavy atom. The zero-order chi connectivity index (χ0) is 7.49. The highest BCUT2D eigenvalue weighted by Gasteiger charge is 2.06. The molecule has 0 amide bonds. The summed E-state index contributed by atoms with van der Waals surface area (Å²) in [7, 11) is 0. The normalized spacial score (nSPS) is 11.2. The third kappa shape index (κ3) is 8.32. The van der Waals surface area contributed by atoms with Gasteiger partial charge in [0.25, 0.3) is 0 Å². The summed E-state index contributed by atoms with van der Waals surface area (Å²) in [4.78, 5) is 0. The van der Waals surface area contributed by atoms with E-state index in [0.717, 1.165) is 6.42 Å². The molecule has 54 valence electrons. The lowest BCUT2D eigenvalue weighted by atomic mass is 9.93. The highest BCUT2D eigenvalue weighted by Crippen LogP contribution is 2.21. The summed E-state index contributed by atoms with van der Waals surface area (Å²) < 4.78 is 0.366. The Balaban J connectivity index is 3.64. The molecule has 0 aromatic rings. The Morgan fingerprint density at radius 3 is 1.89 bits per heavy atom. The van der Waals surface area contributed by atoms with Crippen molar-refractivity contribution < 1.29 is 0 Å². The van der Waals surface area contributed by atoms with Crippen LogP contribution < -0.4 is 0 Å². The first-order valence-electron chi connectivity index (χ1n) is 2.93. The van der Waals surface area contributed by atoms with Crippen molar-refractivity contribution >= 4 is 23.2 Å². The van der Waals surface area contributed by atoms with E-state index < -0.39 is 0 Å². The fourth-order valence-corrected chi connectivity index (χ4v) is 0.538. The maximum Gasteiger partial charge on any atom is 0.102 e. The van der Waals surface area contributed by atoms with Crippen LogP contribution in [0.5, 0.6) is 0 Å². The van der Waals surface area contributed by atoms with Crippen LogP contribution in [0.1, 0.15) is 27.2 Å². The molecule has 9 heavy (non-hydrogen) atoms. The highest BCUT2D eigenvalue weighted by atomic mass is 35.5. The van der Waals surface area contributed by atoms with Gasteiger partial charge >= 0.3 is 0 Å². The third-order valence-electron chi connectivity index (χ3n) is 0.869. The Labute approximate surface area is 66.8 Å². The molecule has 0 radical (unpaired) electrons. The second-order valence-electron chi connectivity index (χ2n) is 3.26. The molecule has 0 atom stereocenters. The molecule has 0 rings (SSSR count). The minimum atomic E-state index is 0.287. The van der Waals surface area contributed by atoms with Crippen LogP contribution in [0, 0.1) is 5.41 Å². The van der Waals surface area contributed by atoms with Crippen molar-refractivity contribution in [1.82, 2.24) is 0 Å². The molecule has 0 unspecified atom stereocenters. The third-order valence-corrected chi connectivity index (χ3v) is 1.18. The van der Waals surface area contributed by atoms with E-state index in [1.165, 1.54) is 0 Å². The van der Waals surface area contributed by atoms with Crippen molar-refractivity contribution in [2.45, 2.75) is 27.2 Å². The summed E-state index contributed by atoms with van der Waals surface area (Å²) >= 11 is 10.8. The summed E-state index contributed by atoms with van der Waals surface area (Å²) in [5.41, 5.74) is 0.287. The molecular weight excluding hydrogens is 155 g/mol. The van der Waals surface area contributed by atoms with E-state index in [2.05, 4.69) is 20.8 Å². The van der Waals surface area contributed by atoms with E-state index in [4.69, 9.17) is 23.2 Å². The second-order valence-corrected chi connectivity index (χ2v) is 4.27. The molecule has 0 heterocycles. The molecule has 0 aliphatic heterocycles. The van der Waals surface area contributed by atoms with Gasteiger partial charge in [-0.3, -0.25) is 0 Å². The quantitative estimate of drug-likeness (QED) is 0.557. The lowest BCUT2D eigenvalue weighted by Gasteiger charge is -2.14. The molecule has 0 aliphatic rings. The summed E-state index contributed by atoms with van der Waals surface area (Å²) in [6.45, 7) is 6.42. The van der Waals surface area contributed by atoms with Gasteiger partial charge < -0.3 is 0 Å². The molecular formula is C7H12Cl2. The maximum atomic E-state index is 5.41. The molecule has 0 spiro atoms. The molecule has 0 nitrogen and oxygen atoms in total. The summed E-state index contributed by atoms with van der Waals surface area (Å²) in [6, 6.07) is 0. The van der Waals surface area contributed by atoms with Crippen LogP contribution in [0.15, 0.2) is 10.6 Å². The molecule has 0 aromatic carbocycles. The molecule has 0 saturated carbocycles. The predicted octanol–water partition coefficient (Wildman–Crippen LogP) is 3.74. The minimum Gasteiger partial charge on any atom is -0.0712 e. The second kappa shape index (κ2) is 3.48. The predicted molar refractivity (Wildman–Crippen MR) is 43.9 cm³/mol. The Kier molecular flexibility index (Phi) is 3.60. The summed E-state index contributed by atoms with van der Waals surface area (Å²) in [5.74, 6) is 0. The molecule has 0 N–H and O–H groups in total. The van der Waals surface area contributed by atoms with E-state index in [9.17, 15) is 0 Å². The van der Waals surface area contributed by atoms with Crippen molar-refractivity contribution in [1.29, 1.82) is 0 Å². The lowest BCUT2D eigenvalue weighted by molar-refractivity contribution is 0.420. The van der Waals surface area contributed by atoms with Crippen molar-refractivity contribution in [2.24, 2.45) is 5.41 Å². The van der Waals surface area contributed by atoms with E-state index in [0.29, 0.717) is 4.49 Å². The van der Waals surface area contributed by atoms with Gasteiger partial charge in [-0.2, -0.15) is 0 Å². The fourth-order valence-electron chi connectivity index (χ4n) is 0.383. The van der Waals surface area contributed by atoms with Gasteiger partial charge in [-0.25, -0.2) is 0 Å². The number of allylic oxidation sites excluding steroid dienone is 1. The SMILES string of the molecule is CC(C)(C)CC=C(Cl)Cl.